The molecule has 1 aliphatic heterocycles. The van der Waals surface area contributed by atoms with Gasteiger partial charge in [-0.1, -0.05) is 29.8 Å². The molecular formula is C21H18ClN5O4. The number of nitrogens with zero attached hydrogens (tertiary/aromatic N) is 3. The van der Waals surface area contributed by atoms with Crippen LogP contribution < -0.4 is 20.2 Å². The highest BCUT2D eigenvalue weighted by Gasteiger charge is 2.17. The molecule has 2 amide bonds. The summed E-state index contributed by atoms with van der Waals surface area (Å²) >= 11 is 6.41. The van der Waals surface area contributed by atoms with E-state index < -0.39 is 11.8 Å². The second kappa shape index (κ2) is 8.88. The van der Waals surface area contributed by atoms with Gasteiger partial charge >= 0.3 is 0 Å². The van der Waals surface area contributed by atoms with Crippen molar-refractivity contribution in [1.29, 1.82) is 0 Å². The summed E-state index contributed by atoms with van der Waals surface area (Å²) in [5, 5.41) is 11.2. The molecule has 2 N–H and O–H groups in total. The molecule has 158 valence electrons. The molecule has 0 fully saturated rings. The van der Waals surface area contributed by atoms with Gasteiger partial charge in [-0.3, -0.25) is 9.59 Å². The van der Waals surface area contributed by atoms with Crippen LogP contribution in [0.1, 0.15) is 21.6 Å². The van der Waals surface area contributed by atoms with Gasteiger partial charge in [-0.2, -0.15) is 10.2 Å². The molecule has 4 rings (SSSR count). The van der Waals surface area contributed by atoms with Crippen molar-refractivity contribution < 1.29 is 19.1 Å². The summed E-state index contributed by atoms with van der Waals surface area (Å²) in [6.07, 6.45) is 1.42. The van der Waals surface area contributed by atoms with Crippen molar-refractivity contribution in [2.75, 3.05) is 13.3 Å². The number of aryl methyl sites for hydroxylation is 1. The van der Waals surface area contributed by atoms with Crippen LogP contribution in [0.5, 0.6) is 11.5 Å². The van der Waals surface area contributed by atoms with E-state index in [1.165, 1.54) is 6.21 Å². The maximum Gasteiger partial charge on any atom is 0.259 e. The molecule has 0 spiro atoms. The number of aromatic nitrogens is 2. The molecule has 9 nitrogen and oxygen atoms in total. The van der Waals surface area contributed by atoms with Crippen molar-refractivity contribution in [3.05, 3.63) is 70.5 Å². The Hall–Kier alpha value is -3.85. The van der Waals surface area contributed by atoms with Crippen molar-refractivity contribution >= 4 is 29.6 Å². The fourth-order valence-electron chi connectivity index (χ4n) is 2.91. The molecule has 3 aromatic rings. The van der Waals surface area contributed by atoms with Gasteiger partial charge in [0.05, 0.1) is 29.7 Å². The van der Waals surface area contributed by atoms with Crippen LogP contribution in [0, 0.1) is 6.92 Å². The van der Waals surface area contributed by atoms with E-state index in [2.05, 4.69) is 20.9 Å². The molecule has 0 bridgehead atoms. The third kappa shape index (κ3) is 4.51. The molecule has 0 aliphatic carbocycles. The zero-order chi connectivity index (χ0) is 21.8. The highest BCUT2D eigenvalue weighted by atomic mass is 35.5. The summed E-state index contributed by atoms with van der Waals surface area (Å²) in [5.74, 6) is 0.160. The van der Waals surface area contributed by atoms with Crippen LogP contribution in [-0.4, -0.2) is 41.1 Å². The maximum absolute atomic E-state index is 12.2. The number of carbonyl (C=O) groups excluding carboxylic acids is 2. The summed E-state index contributed by atoms with van der Waals surface area (Å²) in [5.41, 5.74) is 4.76. The van der Waals surface area contributed by atoms with Crippen LogP contribution in [0.2, 0.25) is 5.15 Å². The SMILES string of the molecule is Cc1nn(-c2ccccc2)c(Cl)c1/C=N/NC(=O)CNC(=O)c1ccc2c(c1)OCO2. The molecule has 31 heavy (non-hydrogen) atoms. The number of hydrazone groups is 1. The average Bonchev–Trinajstić information content (AvgIpc) is 3.37. The molecule has 1 aromatic heterocycles. The second-order valence-corrected chi connectivity index (χ2v) is 6.94. The lowest BCUT2D eigenvalue weighted by Crippen LogP contribution is -2.34. The minimum atomic E-state index is -0.491. The van der Waals surface area contributed by atoms with Gasteiger partial charge in [-0.25, -0.2) is 10.1 Å². The first-order valence-electron chi connectivity index (χ1n) is 9.33. The number of amides is 2. The monoisotopic (exact) mass is 439 g/mol. The van der Waals surface area contributed by atoms with Gasteiger partial charge in [0, 0.05) is 5.56 Å². The fraction of sp³-hybridized carbons (Fsp3) is 0.143. The van der Waals surface area contributed by atoms with Gasteiger partial charge in [0.1, 0.15) is 5.15 Å². The quantitative estimate of drug-likeness (QED) is 0.453. The maximum atomic E-state index is 12.2. The Morgan fingerprint density at radius 3 is 2.77 bits per heavy atom. The smallest absolute Gasteiger partial charge is 0.259 e. The molecular weight excluding hydrogens is 422 g/mol. The summed E-state index contributed by atoms with van der Waals surface area (Å²) in [4.78, 5) is 24.2. The summed E-state index contributed by atoms with van der Waals surface area (Å²) in [6.45, 7) is 1.66. The van der Waals surface area contributed by atoms with Crippen LogP contribution >= 0.6 is 11.6 Å². The van der Waals surface area contributed by atoms with E-state index in [4.69, 9.17) is 21.1 Å². The second-order valence-electron chi connectivity index (χ2n) is 6.58. The predicted molar refractivity (Wildman–Crippen MR) is 114 cm³/mol. The number of carbonyl (C=O) groups is 2. The first-order valence-corrected chi connectivity index (χ1v) is 9.71. The van der Waals surface area contributed by atoms with Gasteiger partial charge < -0.3 is 14.8 Å². The molecule has 0 radical (unpaired) electrons. The molecule has 1 aliphatic rings. The third-order valence-electron chi connectivity index (χ3n) is 4.48. The zero-order valence-corrected chi connectivity index (χ0v) is 17.2. The topological polar surface area (TPSA) is 107 Å². The van der Waals surface area contributed by atoms with Crippen LogP contribution in [0.15, 0.2) is 53.6 Å². The van der Waals surface area contributed by atoms with Crippen molar-refractivity contribution in [3.63, 3.8) is 0 Å². The number of hydrogen-bond donors (Lipinski definition) is 2. The molecule has 2 heterocycles. The van der Waals surface area contributed by atoms with E-state index in [-0.39, 0.29) is 13.3 Å². The van der Waals surface area contributed by atoms with Crippen LogP contribution in [-0.2, 0) is 4.79 Å². The van der Waals surface area contributed by atoms with E-state index in [0.717, 1.165) is 5.69 Å². The van der Waals surface area contributed by atoms with E-state index in [1.54, 1.807) is 29.8 Å². The predicted octanol–water partition coefficient (Wildman–Crippen LogP) is 2.44. The van der Waals surface area contributed by atoms with Crippen LogP contribution in [0.3, 0.4) is 0 Å². The Kier molecular flexibility index (Phi) is 5.85. The third-order valence-corrected chi connectivity index (χ3v) is 4.84. The van der Waals surface area contributed by atoms with Crippen molar-refractivity contribution in [1.82, 2.24) is 20.5 Å². The minimum absolute atomic E-state index is 0.120. The molecule has 0 saturated carbocycles. The Balaban J connectivity index is 1.33. The number of nitrogens with one attached hydrogen (secondary N) is 2. The van der Waals surface area contributed by atoms with E-state index >= 15 is 0 Å². The highest BCUT2D eigenvalue weighted by Crippen LogP contribution is 2.32. The zero-order valence-electron chi connectivity index (χ0n) is 16.5. The lowest BCUT2D eigenvalue weighted by molar-refractivity contribution is -0.120. The number of rotatable bonds is 6. The Morgan fingerprint density at radius 1 is 1.19 bits per heavy atom. The molecule has 0 saturated heterocycles. The van der Waals surface area contributed by atoms with Crippen molar-refractivity contribution in [2.24, 2.45) is 5.10 Å². The van der Waals surface area contributed by atoms with E-state index in [1.807, 2.05) is 30.3 Å². The number of para-hydroxylation sites is 1. The fourth-order valence-corrected chi connectivity index (χ4v) is 3.23. The van der Waals surface area contributed by atoms with Crippen LogP contribution in [0.25, 0.3) is 5.69 Å². The minimum Gasteiger partial charge on any atom is -0.454 e. The Labute approximate surface area is 182 Å². The standard InChI is InChI=1S/C21H18ClN5O4/c1-13-16(20(22)27(26-13)15-5-3-2-4-6-15)10-24-25-19(28)11-23-21(29)14-7-8-17-18(9-14)31-12-30-17/h2-10H,11-12H2,1H3,(H,23,29)(H,25,28)/b24-10+. The van der Waals surface area contributed by atoms with Crippen molar-refractivity contribution in [3.8, 4) is 17.2 Å². The lowest BCUT2D eigenvalue weighted by Gasteiger charge is -2.05. The molecule has 0 atom stereocenters. The van der Waals surface area contributed by atoms with Gasteiger partial charge in [-0.15, -0.1) is 0 Å². The molecule has 0 unspecified atom stereocenters. The van der Waals surface area contributed by atoms with E-state index in [9.17, 15) is 9.59 Å². The van der Waals surface area contributed by atoms with E-state index in [0.29, 0.717) is 33.5 Å². The highest BCUT2D eigenvalue weighted by molar-refractivity contribution is 6.32. The Morgan fingerprint density at radius 2 is 1.97 bits per heavy atom. The largest absolute Gasteiger partial charge is 0.454 e. The van der Waals surface area contributed by atoms with Crippen LogP contribution in [0.4, 0.5) is 0 Å². The molecule has 10 heteroatoms. The van der Waals surface area contributed by atoms with Gasteiger partial charge in [0.15, 0.2) is 11.5 Å². The van der Waals surface area contributed by atoms with Gasteiger partial charge in [0.25, 0.3) is 11.8 Å². The Bertz CT molecular complexity index is 1160. The average molecular weight is 440 g/mol. The van der Waals surface area contributed by atoms with Gasteiger partial charge in [-0.05, 0) is 37.3 Å². The summed E-state index contributed by atoms with van der Waals surface area (Å²) in [7, 11) is 0. The molecule has 2 aromatic carbocycles. The first kappa shape index (κ1) is 20.4. The van der Waals surface area contributed by atoms with Crippen molar-refractivity contribution in [2.45, 2.75) is 6.92 Å². The normalized spacial score (nSPS) is 12.2. The number of ether oxygens (including phenoxy) is 2. The summed E-state index contributed by atoms with van der Waals surface area (Å²) in [6, 6.07) is 14.2. The first-order chi connectivity index (χ1) is 15.0. The number of hydrogen-bond acceptors (Lipinski definition) is 6. The number of fused-ring (bicyclic) bond motifs is 1. The number of halogens is 1. The lowest BCUT2D eigenvalue weighted by atomic mass is 10.2. The number of benzene rings is 2. The van der Waals surface area contributed by atoms with Gasteiger partial charge in [0.2, 0.25) is 6.79 Å². The summed E-state index contributed by atoms with van der Waals surface area (Å²) < 4.78 is 12.0.